The second kappa shape index (κ2) is 7.02. The Morgan fingerprint density at radius 1 is 1.33 bits per heavy atom. The number of rotatable bonds is 7. The average molecular weight is 325 g/mol. The molecule has 114 valence electrons. The molecule has 2 aromatic rings. The van der Waals surface area contributed by atoms with Crippen LogP contribution in [0.5, 0.6) is 0 Å². The van der Waals surface area contributed by atoms with E-state index in [1.54, 1.807) is 18.2 Å². The van der Waals surface area contributed by atoms with Crippen LogP contribution in [0.3, 0.4) is 0 Å². The van der Waals surface area contributed by atoms with Crippen LogP contribution in [-0.4, -0.2) is 19.9 Å². The highest BCUT2D eigenvalue weighted by Gasteiger charge is 2.17. The maximum Gasteiger partial charge on any atom is 0.272 e. The fourth-order valence-electron chi connectivity index (χ4n) is 1.78. The molecule has 0 saturated carbocycles. The van der Waals surface area contributed by atoms with Crippen LogP contribution in [-0.2, 0) is 16.6 Å². The van der Waals surface area contributed by atoms with Gasteiger partial charge in [0.05, 0.1) is 0 Å². The maximum absolute atomic E-state index is 12.3. The third-order valence-corrected chi connectivity index (χ3v) is 5.62. The van der Waals surface area contributed by atoms with Gasteiger partial charge in [-0.3, -0.25) is 4.72 Å². The molecular weight excluding hydrogens is 306 g/mol. The number of nitrogens with one attached hydrogen (secondary N) is 2. The lowest BCUT2D eigenvalue weighted by Crippen LogP contribution is -2.14. The lowest BCUT2D eigenvalue weighted by Gasteiger charge is -2.05. The van der Waals surface area contributed by atoms with Gasteiger partial charge in [0.1, 0.15) is 10.0 Å². The molecule has 0 amide bonds. The molecule has 2 heterocycles. The number of anilines is 1. The molecular formula is C14H19N3O2S2. The predicted molar refractivity (Wildman–Crippen MR) is 86.1 cm³/mol. The zero-order valence-corrected chi connectivity index (χ0v) is 13.7. The predicted octanol–water partition coefficient (Wildman–Crippen LogP) is 2.75. The van der Waals surface area contributed by atoms with E-state index in [4.69, 9.17) is 0 Å². The fraction of sp³-hybridized carbons (Fsp3) is 0.357. The van der Waals surface area contributed by atoms with E-state index in [9.17, 15) is 8.42 Å². The third kappa shape index (κ3) is 4.52. The van der Waals surface area contributed by atoms with Gasteiger partial charge in [0.15, 0.2) is 0 Å². The highest BCUT2D eigenvalue weighted by molar-refractivity contribution is 7.94. The zero-order chi connectivity index (χ0) is 15.3. The second-order valence-corrected chi connectivity index (χ2v) is 7.54. The summed E-state index contributed by atoms with van der Waals surface area (Å²) in [5.74, 6) is 0.342. The van der Waals surface area contributed by atoms with Gasteiger partial charge in [-0.05, 0) is 49.0 Å². The largest absolute Gasteiger partial charge is 0.313 e. The highest BCUT2D eigenvalue weighted by Crippen LogP contribution is 2.22. The van der Waals surface area contributed by atoms with Crippen molar-refractivity contribution in [2.75, 3.05) is 11.3 Å². The molecule has 7 heteroatoms. The first-order valence-electron chi connectivity index (χ1n) is 6.76. The molecule has 0 aliphatic heterocycles. The summed E-state index contributed by atoms with van der Waals surface area (Å²) in [6.45, 7) is 5.52. The Kier molecular flexibility index (Phi) is 5.33. The molecule has 0 aliphatic rings. The lowest BCUT2D eigenvalue weighted by molar-refractivity contribution is 0.602. The van der Waals surface area contributed by atoms with Crippen LogP contribution in [0.25, 0.3) is 0 Å². The molecule has 0 atom stereocenters. The lowest BCUT2D eigenvalue weighted by atomic mass is 10.3. The smallest absolute Gasteiger partial charge is 0.272 e. The Balaban J connectivity index is 2.09. The van der Waals surface area contributed by atoms with Crippen molar-refractivity contribution in [3.8, 4) is 0 Å². The minimum Gasteiger partial charge on any atom is -0.313 e. The molecule has 0 radical (unpaired) electrons. The summed E-state index contributed by atoms with van der Waals surface area (Å²) in [5, 5.41) is 5.11. The number of sulfonamides is 1. The van der Waals surface area contributed by atoms with Crippen molar-refractivity contribution < 1.29 is 8.42 Å². The van der Waals surface area contributed by atoms with Crippen LogP contribution in [0.15, 0.2) is 33.9 Å². The van der Waals surface area contributed by atoms with E-state index in [0.717, 1.165) is 24.2 Å². The number of thiophene rings is 1. The molecule has 5 nitrogen and oxygen atoms in total. The first-order valence-corrected chi connectivity index (χ1v) is 9.12. The van der Waals surface area contributed by atoms with Gasteiger partial charge < -0.3 is 5.32 Å². The van der Waals surface area contributed by atoms with Crippen molar-refractivity contribution in [3.05, 3.63) is 40.9 Å². The molecule has 0 fully saturated rings. The summed E-state index contributed by atoms with van der Waals surface area (Å²) >= 11 is 1.22. The van der Waals surface area contributed by atoms with Crippen molar-refractivity contribution in [2.24, 2.45) is 0 Å². The Hall–Kier alpha value is -1.44. The topological polar surface area (TPSA) is 71.1 Å². The van der Waals surface area contributed by atoms with Gasteiger partial charge in [0, 0.05) is 12.2 Å². The van der Waals surface area contributed by atoms with Gasteiger partial charge in [0.2, 0.25) is 0 Å². The Morgan fingerprint density at radius 2 is 2.14 bits per heavy atom. The molecule has 0 spiro atoms. The summed E-state index contributed by atoms with van der Waals surface area (Å²) < 4.78 is 27.4. The highest BCUT2D eigenvalue weighted by atomic mass is 32.2. The quantitative estimate of drug-likeness (QED) is 0.768. The van der Waals surface area contributed by atoms with Crippen LogP contribution in [0.2, 0.25) is 0 Å². The van der Waals surface area contributed by atoms with E-state index in [2.05, 4.69) is 21.9 Å². The molecule has 0 unspecified atom stereocenters. The van der Waals surface area contributed by atoms with Crippen molar-refractivity contribution in [1.82, 2.24) is 10.3 Å². The molecule has 2 N–H and O–H groups in total. The van der Waals surface area contributed by atoms with Crippen molar-refractivity contribution in [1.29, 1.82) is 0 Å². The first kappa shape index (κ1) is 15.9. The number of aromatic nitrogens is 1. The van der Waals surface area contributed by atoms with E-state index in [1.807, 2.05) is 18.4 Å². The first-order chi connectivity index (χ1) is 10.0. The number of hydrogen-bond acceptors (Lipinski definition) is 5. The fourth-order valence-corrected chi connectivity index (χ4v) is 3.99. The summed E-state index contributed by atoms with van der Waals surface area (Å²) in [6.07, 6.45) is 1.05. The molecule has 0 saturated heterocycles. The molecule has 0 aromatic carbocycles. The van der Waals surface area contributed by atoms with Gasteiger partial charge in [-0.2, -0.15) is 0 Å². The molecule has 0 bridgehead atoms. The van der Waals surface area contributed by atoms with Crippen LogP contribution in [0.4, 0.5) is 5.82 Å². The number of hydrogen-bond donors (Lipinski definition) is 2. The van der Waals surface area contributed by atoms with E-state index in [1.165, 1.54) is 11.3 Å². The van der Waals surface area contributed by atoms with Crippen LogP contribution < -0.4 is 10.0 Å². The van der Waals surface area contributed by atoms with Crippen molar-refractivity contribution in [2.45, 2.75) is 31.0 Å². The van der Waals surface area contributed by atoms with Gasteiger partial charge in [-0.15, -0.1) is 11.3 Å². The van der Waals surface area contributed by atoms with E-state index in [-0.39, 0.29) is 0 Å². The number of pyridine rings is 1. The average Bonchev–Trinajstić information content (AvgIpc) is 2.88. The van der Waals surface area contributed by atoms with E-state index < -0.39 is 10.0 Å². The van der Waals surface area contributed by atoms with Crippen LogP contribution >= 0.6 is 11.3 Å². The van der Waals surface area contributed by atoms with Gasteiger partial charge in [0.25, 0.3) is 10.0 Å². The third-order valence-electron chi connectivity index (χ3n) is 2.78. The standard InChI is InChI=1S/C14H19N3O2S2/c1-3-7-15-9-12-8-14(20-10-12)21(18,19)17-13-6-4-5-11(2)16-13/h4-6,8,10,15H,3,7,9H2,1-2H3,(H,16,17). The second-order valence-electron chi connectivity index (χ2n) is 4.72. The number of aryl methyl sites for hydroxylation is 1. The Labute approximate surface area is 129 Å². The maximum atomic E-state index is 12.3. The molecule has 0 aliphatic carbocycles. The molecule has 2 rings (SSSR count). The monoisotopic (exact) mass is 325 g/mol. The molecule has 2 aromatic heterocycles. The van der Waals surface area contributed by atoms with Gasteiger partial charge >= 0.3 is 0 Å². The van der Waals surface area contributed by atoms with E-state index >= 15 is 0 Å². The summed E-state index contributed by atoms with van der Waals surface area (Å²) in [5.41, 5.74) is 1.75. The Bertz CT molecular complexity index is 696. The molecule has 21 heavy (non-hydrogen) atoms. The Morgan fingerprint density at radius 3 is 2.86 bits per heavy atom. The van der Waals surface area contributed by atoms with Crippen LogP contribution in [0, 0.1) is 6.92 Å². The van der Waals surface area contributed by atoms with Gasteiger partial charge in [-0.25, -0.2) is 13.4 Å². The zero-order valence-electron chi connectivity index (χ0n) is 12.1. The van der Waals surface area contributed by atoms with E-state index in [0.29, 0.717) is 16.6 Å². The summed E-state index contributed by atoms with van der Waals surface area (Å²) in [7, 11) is -3.56. The van der Waals surface area contributed by atoms with Crippen LogP contribution in [0.1, 0.15) is 24.6 Å². The van der Waals surface area contributed by atoms with Gasteiger partial charge in [-0.1, -0.05) is 13.0 Å². The number of nitrogens with zero attached hydrogens (tertiary/aromatic N) is 1. The normalized spacial score (nSPS) is 11.5. The minimum atomic E-state index is -3.56. The van der Waals surface area contributed by atoms with Crippen molar-refractivity contribution in [3.63, 3.8) is 0 Å². The summed E-state index contributed by atoms with van der Waals surface area (Å²) in [4.78, 5) is 4.15. The van der Waals surface area contributed by atoms with Crippen molar-refractivity contribution >= 4 is 27.2 Å². The summed E-state index contributed by atoms with van der Waals surface area (Å²) in [6, 6.07) is 6.93. The minimum absolute atomic E-state index is 0.305. The SMILES string of the molecule is CCCNCc1csc(S(=O)(=O)Nc2cccc(C)n2)c1.